The third-order valence-corrected chi connectivity index (χ3v) is 2.66. The number of hydrogen-bond acceptors (Lipinski definition) is 2. The highest BCUT2D eigenvalue weighted by atomic mass is 19.1. The minimum absolute atomic E-state index is 0.318. The summed E-state index contributed by atoms with van der Waals surface area (Å²) in [5.41, 5.74) is 2.08. The van der Waals surface area contributed by atoms with Gasteiger partial charge in [0.1, 0.15) is 17.2 Å². The Morgan fingerprint density at radius 1 is 0.889 bits per heavy atom. The van der Waals surface area contributed by atoms with Gasteiger partial charge in [0.25, 0.3) is 0 Å². The molecular weight excluding hydrogens is 229 g/mol. The van der Waals surface area contributed by atoms with E-state index < -0.39 is 0 Å². The number of nitrogens with zero attached hydrogens (tertiary/aromatic N) is 3. The number of benzene rings is 2. The summed E-state index contributed by atoms with van der Waals surface area (Å²) in [5.74, 6) is -0.318. The van der Waals surface area contributed by atoms with Crippen LogP contribution in [0.3, 0.4) is 0 Å². The van der Waals surface area contributed by atoms with E-state index in [-0.39, 0.29) is 5.82 Å². The summed E-state index contributed by atoms with van der Waals surface area (Å²) in [6, 6.07) is 16.2. The first-order valence-corrected chi connectivity index (χ1v) is 5.57. The van der Waals surface area contributed by atoms with Crippen molar-refractivity contribution in [1.82, 2.24) is 15.0 Å². The third-order valence-electron chi connectivity index (χ3n) is 2.66. The molecule has 1 heterocycles. The molecule has 0 unspecified atom stereocenters. The molecule has 4 heteroatoms. The maximum atomic E-state index is 13.6. The van der Waals surface area contributed by atoms with Gasteiger partial charge < -0.3 is 0 Å². The van der Waals surface area contributed by atoms with Crippen LogP contribution in [0.2, 0.25) is 0 Å². The monoisotopic (exact) mass is 239 g/mol. The molecule has 0 aliphatic heterocycles. The standard InChI is InChI=1S/C14H10FN3/c15-12-8-4-5-9-14(12)18-10-13(16-17-18)11-6-2-1-3-7-11/h1-10H. The molecule has 3 nitrogen and oxygen atoms in total. The van der Waals surface area contributed by atoms with Gasteiger partial charge in [-0.15, -0.1) is 5.10 Å². The molecular formula is C14H10FN3. The van der Waals surface area contributed by atoms with E-state index in [9.17, 15) is 4.39 Å². The highest BCUT2D eigenvalue weighted by Crippen LogP contribution is 2.18. The highest BCUT2D eigenvalue weighted by Gasteiger charge is 2.07. The lowest BCUT2D eigenvalue weighted by atomic mass is 10.2. The Morgan fingerprint density at radius 3 is 2.39 bits per heavy atom. The van der Waals surface area contributed by atoms with E-state index in [1.165, 1.54) is 10.7 Å². The normalized spacial score (nSPS) is 10.5. The molecule has 0 saturated heterocycles. The fraction of sp³-hybridized carbons (Fsp3) is 0. The van der Waals surface area contributed by atoms with Gasteiger partial charge in [-0.1, -0.05) is 47.7 Å². The van der Waals surface area contributed by atoms with E-state index in [0.29, 0.717) is 5.69 Å². The zero-order valence-electron chi connectivity index (χ0n) is 9.49. The first-order chi connectivity index (χ1) is 8.84. The number of aromatic nitrogens is 3. The summed E-state index contributed by atoms with van der Waals surface area (Å²) in [6.07, 6.45) is 1.72. The molecule has 0 amide bonds. The SMILES string of the molecule is Fc1ccccc1-n1cc(-c2ccccc2)nn1. The van der Waals surface area contributed by atoms with Crippen molar-refractivity contribution in [1.29, 1.82) is 0 Å². The summed E-state index contributed by atoms with van der Waals surface area (Å²) in [6.45, 7) is 0. The average Bonchev–Trinajstić information content (AvgIpc) is 2.90. The Hall–Kier alpha value is -2.49. The quantitative estimate of drug-likeness (QED) is 0.688. The van der Waals surface area contributed by atoms with Gasteiger partial charge in [0.15, 0.2) is 0 Å². The Balaban J connectivity index is 2.03. The lowest BCUT2D eigenvalue weighted by Crippen LogP contribution is -1.97. The lowest BCUT2D eigenvalue weighted by molar-refractivity contribution is 0.607. The van der Waals surface area contributed by atoms with Crippen LogP contribution >= 0.6 is 0 Å². The van der Waals surface area contributed by atoms with Crippen molar-refractivity contribution in [2.45, 2.75) is 0 Å². The van der Waals surface area contributed by atoms with Gasteiger partial charge in [-0.25, -0.2) is 9.07 Å². The van der Waals surface area contributed by atoms with Crippen LogP contribution in [0.5, 0.6) is 0 Å². The van der Waals surface area contributed by atoms with Gasteiger partial charge in [-0.05, 0) is 12.1 Å². The average molecular weight is 239 g/mol. The summed E-state index contributed by atoms with van der Waals surface area (Å²) >= 11 is 0. The molecule has 0 fully saturated rings. The molecule has 0 aliphatic carbocycles. The fourth-order valence-electron chi connectivity index (χ4n) is 1.76. The zero-order chi connectivity index (χ0) is 12.4. The van der Waals surface area contributed by atoms with Gasteiger partial charge in [0.2, 0.25) is 0 Å². The van der Waals surface area contributed by atoms with Crippen molar-refractivity contribution < 1.29 is 4.39 Å². The van der Waals surface area contributed by atoms with Crippen molar-refractivity contribution in [3.63, 3.8) is 0 Å². The maximum Gasteiger partial charge on any atom is 0.148 e. The van der Waals surface area contributed by atoms with Crippen molar-refractivity contribution >= 4 is 0 Å². The van der Waals surface area contributed by atoms with Crippen LogP contribution in [-0.2, 0) is 0 Å². The molecule has 0 aliphatic rings. The topological polar surface area (TPSA) is 30.7 Å². The van der Waals surface area contributed by atoms with Gasteiger partial charge in [-0.2, -0.15) is 0 Å². The predicted molar refractivity (Wildman–Crippen MR) is 66.8 cm³/mol. The Morgan fingerprint density at radius 2 is 1.61 bits per heavy atom. The molecule has 0 atom stereocenters. The molecule has 18 heavy (non-hydrogen) atoms. The molecule has 0 saturated carbocycles. The number of hydrogen-bond donors (Lipinski definition) is 0. The molecule has 1 aromatic heterocycles. The van der Waals surface area contributed by atoms with E-state index in [1.807, 2.05) is 30.3 Å². The van der Waals surface area contributed by atoms with E-state index in [1.54, 1.807) is 24.4 Å². The molecule has 3 aromatic rings. The summed E-state index contributed by atoms with van der Waals surface area (Å²) in [7, 11) is 0. The second-order valence-electron chi connectivity index (χ2n) is 3.87. The minimum atomic E-state index is -0.318. The first-order valence-electron chi connectivity index (χ1n) is 5.57. The number of rotatable bonds is 2. The van der Waals surface area contributed by atoms with Crippen molar-refractivity contribution in [3.05, 3.63) is 66.6 Å². The van der Waals surface area contributed by atoms with Crippen LogP contribution in [0.25, 0.3) is 16.9 Å². The second kappa shape index (κ2) is 4.41. The molecule has 0 bridgehead atoms. The van der Waals surface area contributed by atoms with Crippen molar-refractivity contribution in [3.8, 4) is 16.9 Å². The second-order valence-corrected chi connectivity index (χ2v) is 3.87. The van der Waals surface area contributed by atoms with Gasteiger partial charge in [-0.3, -0.25) is 0 Å². The number of halogens is 1. The van der Waals surface area contributed by atoms with Gasteiger partial charge in [0, 0.05) is 5.56 Å². The van der Waals surface area contributed by atoms with Crippen LogP contribution < -0.4 is 0 Å². The van der Waals surface area contributed by atoms with Crippen LogP contribution in [0.1, 0.15) is 0 Å². The van der Waals surface area contributed by atoms with Crippen molar-refractivity contribution in [2.24, 2.45) is 0 Å². The fourth-order valence-corrected chi connectivity index (χ4v) is 1.76. The van der Waals surface area contributed by atoms with Gasteiger partial charge in [0.05, 0.1) is 6.20 Å². The zero-order valence-corrected chi connectivity index (χ0v) is 9.49. The van der Waals surface area contributed by atoms with Crippen LogP contribution in [-0.4, -0.2) is 15.0 Å². The first kappa shape index (κ1) is 10.7. The van der Waals surface area contributed by atoms with E-state index >= 15 is 0 Å². The summed E-state index contributed by atoms with van der Waals surface area (Å²) < 4.78 is 15.0. The molecule has 0 spiro atoms. The van der Waals surface area contributed by atoms with E-state index in [4.69, 9.17) is 0 Å². The van der Waals surface area contributed by atoms with Gasteiger partial charge >= 0.3 is 0 Å². The van der Waals surface area contributed by atoms with E-state index in [2.05, 4.69) is 10.3 Å². The maximum absolute atomic E-state index is 13.6. The molecule has 2 aromatic carbocycles. The van der Waals surface area contributed by atoms with Crippen LogP contribution in [0.15, 0.2) is 60.8 Å². The molecule has 0 N–H and O–H groups in total. The predicted octanol–water partition coefficient (Wildman–Crippen LogP) is 3.07. The molecule has 3 rings (SSSR count). The summed E-state index contributed by atoms with van der Waals surface area (Å²) in [4.78, 5) is 0. The van der Waals surface area contributed by atoms with E-state index in [0.717, 1.165) is 11.3 Å². The largest absolute Gasteiger partial charge is 0.217 e. The van der Waals surface area contributed by atoms with Crippen LogP contribution in [0, 0.1) is 5.82 Å². The highest BCUT2D eigenvalue weighted by molar-refractivity contribution is 5.57. The lowest BCUT2D eigenvalue weighted by Gasteiger charge is -2.00. The Kier molecular flexibility index (Phi) is 2.61. The third kappa shape index (κ3) is 1.88. The smallest absolute Gasteiger partial charge is 0.148 e. The molecule has 0 radical (unpaired) electrons. The van der Waals surface area contributed by atoms with Crippen LogP contribution in [0.4, 0.5) is 4.39 Å². The minimum Gasteiger partial charge on any atom is -0.217 e. The number of para-hydroxylation sites is 1. The Bertz CT molecular complexity index is 662. The van der Waals surface area contributed by atoms with Crippen molar-refractivity contribution in [2.75, 3.05) is 0 Å². The molecule has 88 valence electrons. The summed E-state index contributed by atoms with van der Waals surface area (Å²) in [5, 5.41) is 8.00. The Labute approximate surface area is 104 Å².